The number of aromatic amines is 1. The number of H-pyrrole nitrogens is 1. The first-order valence-corrected chi connectivity index (χ1v) is 11.6. The van der Waals surface area contributed by atoms with Gasteiger partial charge in [-0.15, -0.1) is 5.10 Å². The quantitative estimate of drug-likeness (QED) is 0.476. The van der Waals surface area contributed by atoms with Crippen LogP contribution in [0.5, 0.6) is 0 Å². The normalized spacial score (nSPS) is 16.2. The van der Waals surface area contributed by atoms with E-state index in [0.717, 1.165) is 54.8 Å². The van der Waals surface area contributed by atoms with Crippen LogP contribution in [0.4, 0.5) is 4.39 Å². The van der Waals surface area contributed by atoms with Crippen LogP contribution in [0.3, 0.4) is 0 Å². The van der Waals surface area contributed by atoms with Crippen molar-refractivity contribution in [2.75, 3.05) is 32.7 Å². The third kappa shape index (κ3) is 4.36. The Morgan fingerprint density at radius 3 is 2.59 bits per heavy atom. The van der Waals surface area contributed by atoms with E-state index < -0.39 is 6.04 Å². The molecule has 2 aromatic heterocycles. The van der Waals surface area contributed by atoms with Gasteiger partial charge in [0, 0.05) is 31.7 Å². The van der Waals surface area contributed by atoms with E-state index in [9.17, 15) is 9.18 Å². The van der Waals surface area contributed by atoms with Crippen molar-refractivity contribution in [3.63, 3.8) is 0 Å². The number of aryl methyl sites for hydroxylation is 1. The van der Waals surface area contributed by atoms with Gasteiger partial charge in [0.25, 0.3) is 5.56 Å². The molecule has 2 aromatic carbocycles. The monoisotopic (exact) mass is 461 g/mol. The third-order valence-electron chi connectivity index (χ3n) is 6.68. The highest BCUT2D eigenvalue weighted by Crippen LogP contribution is 2.28. The van der Waals surface area contributed by atoms with Crippen LogP contribution in [0.15, 0.2) is 53.3 Å². The van der Waals surface area contributed by atoms with Crippen LogP contribution in [0.2, 0.25) is 0 Å². The molecule has 1 unspecified atom stereocenters. The van der Waals surface area contributed by atoms with Crippen LogP contribution >= 0.6 is 0 Å². The molecular formula is C25H28FN7O. The summed E-state index contributed by atoms with van der Waals surface area (Å²) in [6.07, 6.45) is 0. The fourth-order valence-corrected chi connectivity index (χ4v) is 4.72. The van der Waals surface area contributed by atoms with E-state index in [0.29, 0.717) is 17.9 Å². The van der Waals surface area contributed by atoms with Gasteiger partial charge in [-0.3, -0.25) is 9.69 Å². The fraction of sp³-hybridized carbons (Fsp3) is 0.360. The summed E-state index contributed by atoms with van der Waals surface area (Å²) < 4.78 is 15.1. The van der Waals surface area contributed by atoms with Gasteiger partial charge in [-0.25, -0.2) is 9.07 Å². The van der Waals surface area contributed by atoms with Crippen molar-refractivity contribution in [3.8, 4) is 0 Å². The molecule has 1 aliphatic rings. The molecule has 0 spiro atoms. The lowest BCUT2D eigenvalue weighted by molar-refractivity contribution is 0.108. The van der Waals surface area contributed by atoms with E-state index in [1.165, 1.54) is 12.1 Å². The molecule has 9 heteroatoms. The fourth-order valence-electron chi connectivity index (χ4n) is 4.72. The molecule has 0 aliphatic carbocycles. The van der Waals surface area contributed by atoms with E-state index in [1.807, 2.05) is 31.2 Å². The minimum absolute atomic E-state index is 0.138. The third-order valence-corrected chi connectivity index (χ3v) is 6.68. The first-order valence-electron chi connectivity index (χ1n) is 11.6. The molecule has 1 saturated heterocycles. The molecule has 0 bridgehead atoms. The number of halogens is 1. The first kappa shape index (κ1) is 22.4. The van der Waals surface area contributed by atoms with Crippen LogP contribution in [-0.2, 0) is 6.54 Å². The van der Waals surface area contributed by atoms with Gasteiger partial charge >= 0.3 is 0 Å². The zero-order valence-corrected chi connectivity index (χ0v) is 19.4. The number of tetrazole rings is 1. The standard InChI is InChI=1S/C25H28FN7O/c1-3-31-11-13-32(14-12-31)23(21-15-19-6-4-5-17(2)22(19)27-25(21)34)24-28-29-30-33(24)16-18-7-9-20(26)10-8-18/h4-10,15,23H,3,11-14,16H2,1-2H3,(H,27,34). The smallest absolute Gasteiger partial charge is 0.253 e. The summed E-state index contributed by atoms with van der Waals surface area (Å²) in [4.78, 5) is 21.1. The van der Waals surface area contributed by atoms with Crippen LogP contribution < -0.4 is 5.56 Å². The molecule has 3 heterocycles. The summed E-state index contributed by atoms with van der Waals surface area (Å²) in [6, 6.07) is 13.9. The number of rotatable bonds is 6. The van der Waals surface area contributed by atoms with Crippen molar-refractivity contribution in [2.45, 2.75) is 26.4 Å². The van der Waals surface area contributed by atoms with Crippen LogP contribution in [0, 0.1) is 12.7 Å². The van der Waals surface area contributed by atoms with Gasteiger partial charge in [-0.1, -0.05) is 37.3 Å². The zero-order valence-electron chi connectivity index (χ0n) is 19.4. The highest BCUT2D eigenvalue weighted by atomic mass is 19.1. The lowest BCUT2D eigenvalue weighted by atomic mass is 10.0. The van der Waals surface area contributed by atoms with Gasteiger partial charge in [0.15, 0.2) is 5.82 Å². The predicted octanol–water partition coefficient (Wildman–Crippen LogP) is 2.74. The average molecular weight is 462 g/mol. The van der Waals surface area contributed by atoms with Gasteiger partial charge in [-0.05, 0) is 58.6 Å². The lowest BCUT2D eigenvalue weighted by Crippen LogP contribution is -2.49. The summed E-state index contributed by atoms with van der Waals surface area (Å²) in [7, 11) is 0. The van der Waals surface area contributed by atoms with Gasteiger partial charge < -0.3 is 9.88 Å². The predicted molar refractivity (Wildman–Crippen MR) is 128 cm³/mol. The Bertz CT molecular complexity index is 1340. The summed E-state index contributed by atoms with van der Waals surface area (Å²) in [5, 5.41) is 13.5. The second-order valence-corrected chi connectivity index (χ2v) is 8.79. The highest BCUT2D eigenvalue weighted by Gasteiger charge is 2.32. The van der Waals surface area contributed by atoms with E-state index in [4.69, 9.17) is 0 Å². The van der Waals surface area contributed by atoms with Crippen molar-refractivity contribution in [1.82, 2.24) is 35.0 Å². The molecule has 0 radical (unpaired) electrons. The van der Waals surface area contributed by atoms with E-state index in [-0.39, 0.29) is 11.4 Å². The maximum absolute atomic E-state index is 13.4. The van der Waals surface area contributed by atoms with Crippen molar-refractivity contribution < 1.29 is 4.39 Å². The molecule has 176 valence electrons. The molecular weight excluding hydrogens is 433 g/mol. The minimum atomic E-state index is -0.400. The Labute approximate surface area is 197 Å². The number of likely N-dealkylation sites (N-methyl/N-ethyl adjacent to an activating group) is 1. The minimum Gasteiger partial charge on any atom is -0.321 e. The molecule has 1 atom stereocenters. The maximum Gasteiger partial charge on any atom is 0.253 e. The number of benzene rings is 2. The summed E-state index contributed by atoms with van der Waals surface area (Å²) in [5.41, 5.74) is 3.24. The Kier molecular flexibility index (Phi) is 6.21. The molecule has 4 aromatic rings. The SMILES string of the molecule is CCN1CCN(C(c2cc3cccc(C)c3[nH]c2=O)c2nnnn2Cc2ccc(F)cc2)CC1. The topological polar surface area (TPSA) is 82.9 Å². The van der Waals surface area contributed by atoms with Gasteiger partial charge in [0.1, 0.15) is 11.9 Å². The Morgan fingerprint density at radius 2 is 1.85 bits per heavy atom. The van der Waals surface area contributed by atoms with Crippen molar-refractivity contribution >= 4 is 10.9 Å². The largest absolute Gasteiger partial charge is 0.321 e. The van der Waals surface area contributed by atoms with Crippen LogP contribution in [0.25, 0.3) is 10.9 Å². The molecule has 8 nitrogen and oxygen atoms in total. The number of hydrogen-bond donors (Lipinski definition) is 1. The number of aromatic nitrogens is 5. The average Bonchev–Trinajstić information content (AvgIpc) is 3.30. The molecule has 1 N–H and O–H groups in total. The molecule has 0 saturated carbocycles. The summed E-state index contributed by atoms with van der Waals surface area (Å²) in [6.45, 7) is 8.96. The number of fused-ring (bicyclic) bond motifs is 1. The van der Waals surface area contributed by atoms with Gasteiger partial charge in [-0.2, -0.15) is 0 Å². The number of para-hydroxylation sites is 1. The molecule has 1 fully saturated rings. The number of pyridine rings is 1. The first-order chi connectivity index (χ1) is 16.5. The van der Waals surface area contributed by atoms with Crippen molar-refractivity contribution in [3.05, 3.63) is 87.2 Å². The molecule has 5 rings (SSSR count). The number of nitrogens with one attached hydrogen (secondary N) is 1. The Balaban J connectivity index is 1.59. The number of hydrogen-bond acceptors (Lipinski definition) is 6. The molecule has 0 amide bonds. The second-order valence-electron chi connectivity index (χ2n) is 8.79. The summed E-state index contributed by atoms with van der Waals surface area (Å²) >= 11 is 0. The molecule has 1 aliphatic heterocycles. The van der Waals surface area contributed by atoms with Crippen LogP contribution in [0.1, 0.15) is 35.5 Å². The van der Waals surface area contributed by atoms with Gasteiger partial charge in [0.05, 0.1) is 12.1 Å². The zero-order chi connectivity index (χ0) is 23.7. The van der Waals surface area contributed by atoms with Crippen molar-refractivity contribution in [2.24, 2.45) is 0 Å². The highest BCUT2D eigenvalue weighted by molar-refractivity contribution is 5.82. The Hall–Kier alpha value is -3.43. The summed E-state index contributed by atoms with van der Waals surface area (Å²) in [5.74, 6) is 0.317. The van der Waals surface area contributed by atoms with E-state index in [1.54, 1.807) is 16.8 Å². The van der Waals surface area contributed by atoms with Gasteiger partial charge in [0.2, 0.25) is 0 Å². The van der Waals surface area contributed by atoms with E-state index >= 15 is 0 Å². The second kappa shape index (κ2) is 9.44. The number of piperazine rings is 1. The maximum atomic E-state index is 13.4. The lowest BCUT2D eigenvalue weighted by Gasteiger charge is -2.38. The van der Waals surface area contributed by atoms with E-state index in [2.05, 4.69) is 37.2 Å². The molecule has 34 heavy (non-hydrogen) atoms. The Morgan fingerprint density at radius 1 is 1.09 bits per heavy atom. The van der Waals surface area contributed by atoms with Crippen LogP contribution in [-0.4, -0.2) is 67.7 Å². The van der Waals surface area contributed by atoms with Crippen molar-refractivity contribution in [1.29, 1.82) is 0 Å². The number of nitrogens with zero attached hydrogens (tertiary/aromatic N) is 6.